The van der Waals surface area contributed by atoms with Crippen LogP contribution in [0.5, 0.6) is 0 Å². The van der Waals surface area contributed by atoms with E-state index in [1.54, 1.807) is 42.2 Å². The molecule has 0 bridgehead atoms. The lowest BCUT2D eigenvalue weighted by atomic mass is 10.0. The zero-order valence-corrected chi connectivity index (χ0v) is 20.0. The maximum Gasteiger partial charge on any atom is 0.252 e. The van der Waals surface area contributed by atoms with Crippen LogP contribution in [0.25, 0.3) is 0 Å². The molecule has 1 fully saturated rings. The maximum atomic E-state index is 14.6. The minimum absolute atomic E-state index is 0.0973. The average Bonchev–Trinajstić information content (AvgIpc) is 3.23. The van der Waals surface area contributed by atoms with Crippen molar-refractivity contribution in [2.24, 2.45) is 7.05 Å². The lowest BCUT2D eigenvalue weighted by Crippen LogP contribution is -2.48. The van der Waals surface area contributed by atoms with Gasteiger partial charge in [0.2, 0.25) is 10.0 Å². The molecule has 0 spiro atoms. The van der Waals surface area contributed by atoms with Crippen LogP contribution >= 0.6 is 0 Å². The third-order valence-electron chi connectivity index (χ3n) is 5.75. The molecule has 0 saturated carbocycles. The number of aryl methyl sites for hydroxylation is 1. The van der Waals surface area contributed by atoms with Crippen molar-refractivity contribution in [2.45, 2.75) is 37.0 Å². The van der Waals surface area contributed by atoms with Crippen LogP contribution in [0.15, 0.2) is 65.8 Å². The molecular weight excluding hydrogens is 459 g/mol. The smallest absolute Gasteiger partial charge is 0.252 e. The molecular formula is C24H27FN4O4S. The van der Waals surface area contributed by atoms with Gasteiger partial charge in [0, 0.05) is 43.7 Å². The summed E-state index contributed by atoms with van der Waals surface area (Å²) >= 11 is 0. The Kier molecular flexibility index (Phi) is 6.83. The van der Waals surface area contributed by atoms with Gasteiger partial charge in [0.05, 0.1) is 17.1 Å². The lowest BCUT2D eigenvalue weighted by molar-refractivity contribution is -0.0440. The molecule has 2 heterocycles. The van der Waals surface area contributed by atoms with Gasteiger partial charge in [0.25, 0.3) is 5.91 Å². The molecule has 1 aliphatic heterocycles. The number of rotatable bonds is 6. The first-order chi connectivity index (χ1) is 16.2. The van der Waals surface area contributed by atoms with E-state index in [0.717, 1.165) is 0 Å². The van der Waals surface area contributed by atoms with Gasteiger partial charge in [-0.25, -0.2) is 17.8 Å². The summed E-state index contributed by atoms with van der Waals surface area (Å²) in [4.78, 5) is 17.4. The molecule has 1 saturated heterocycles. The van der Waals surface area contributed by atoms with Crippen molar-refractivity contribution in [2.75, 3.05) is 13.1 Å². The number of amides is 1. The van der Waals surface area contributed by atoms with Crippen molar-refractivity contribution >= 4 is 15.9 Å². The molecule has 8 nitrogen and oxygen atoms in total. The fraction of sp³-hybridized carbons (Fsp3) is 0.333. The van der Waals surface area contributed by atoms with E-state index in [-0.39, 0.29) is 41.3 Å². The van der Waals surface area contributed by atoms with Gasteiger partial charge < -0.3 is 14.6 Å². The van der Waals surface area contributed by atoms with Crippen LogP contribution in [0.4, 0.5) is 4.39 Å². The number of hydrogen-bond acceptors (Lipinski definition) is 5. The molecule has 3 aromatic rings. The average molecular weight is 487 g/mol. The normalized spacial score (nSPS) is 20.1. The van der Waals surface area contributed by atoms with Crippen LogP contribution < -0.4 is 5.32 Å². The number of halogens is 1. The van der Waals surface area contributed by atoms with Gasteiger partial charge in [-0.3, -0.25) is 4.79 Å². The molecule has 3 atom stereocenters. The first kappa shape index (κ1) is 24.1. The van der Waals surface area contributed by atoms with Gasteiger partial charge in [-0.15, -0.1) is 0 Å². The van der Waals surface area contributed by atoms with Crippen LogP contribution in [0, 0.1) is 5.82 Å². The molecule has 2 aromatic carbocycles. The minimum Gasteiger partial charge on any atom is -0.373 e. The first-order valence-corrected chi connectivity index (χ1v) is 12.4. The van der Waals surface area contributed by atoms with E-state index < -0.39 is 27.8 Å². The second-order valence-corrected chi connectivity index (χ2v) is 10.4. The summed E-state index contributed by atoms with van der Waals surface area (Å²) in [5.41, 5.74) is 0.526. The third kappa shape index (κ3) is 4.89. The zero-order chi connectivity index (χ0) is 24.5. The Balaban J connectivity index is 1.57. The number of benzene rings is 2. The van der Waals surface area contributed by atoms with E-state index in [1.807, 2.05) is 13.8 Å². The second-order valence-electron chi connectivity index (χ2n) is 8.43. The number of imidazole rings is 1. The molecule has 1 aliphatic rings. The monoisotopic (exact) mass is 486 g/mol. The molecule has 10 heteroatoms. The van der Waals surface area contributed by atoms with Gasteiger partial charge in [-0.2, -0.15) is 4.31 Å². The largest absolute Gasteiger partial charge is 0.373 e. The van der Waals surface area contributed by atoms with Crippen molar-refractivity contribution in [3.63, 3.8) is 0 Å². The summed E-state index contributed by atoms with van der Waals surface area (Å²) in [6.45, 7) is 4.20. The Morgan fingerprint density at radius 2 is 1.76 bits per heavy atom. The number of nitrogens with one attached hydrogen (secondary N) is 1. The Morgan fingerprint density at radius 3 is 2.35 bits per heavy atom. The fourth-order valence-electron chi connectivity index (χ4n) is 4.11. The zero-order valence-electron chi connectivity index (χ0n) is 19.2. The molecule has 0 aliphatic carbocycles. The highest BCUT2D eigenvalue weighted by molar-refractivity contribution is 7.89. The molecule has 180 valence electrons. The molecule has 0 radical (unpaired) electrons. The molecule has 1 aromatic heterocycles. The second kappa shape index (κ2) is 9.65. The highest BCUT2D eigenvalue weighted by Gasteiger charge is 2.32. The number of hydrogen-bond donors (Lipinski definition) is 1. The van der Waals surface area contributed by atoms with Gasteiger partial charge in [-0.05, 0) is 44.2 Å². The van der Waals surface area contributed by atoms with Gasteiger partial charge >= 0.3 is 0 Å². The Morgan fingerprint density at radius 1 is 1.12 bits per heavy atom. The van der Waals surface area contributed by atoms with Crippen LogP contribution in [0.2, 0.25) is 0 Å². The van der Waals surface area contributed by atoms with Crippen molar-refractivity contribution in [3.05, 3.63) is 83.7 Å². The van der Waals surface area contributed by atoms with Crippen molar-refractivity contribution < 1.29 is 22.3 Å². The Bertz CT molecular complexity index is 1270. The Labute approximate surface area is 198 Å². The van der Waals surface area contributed by atoms with E-state index in [0.29, 0.717) is 5.82 Å². The fourth-order valence-corrected chi connectivity index (χ4v) is 5.71. The maximum absolute atomic E-state index is 14.6. The summed E-state index contributed by atoms with van der Waals surface area (Å²) in [5.74, 6) is -0.478. The number of morpholine rings is 1. The lowest BCUT2D eigenvalue weighted by Gasteiger charge is -2.34. The third-order valence-corrected chi connectivity index (χ3v) is 7.59. The summed E-state index contributed by atoms with van der Waals surface area (Å²) in [6, 6.07) is 11.1. The molecule has 3 unspecified atom stereocenters. The summed E-state index contributed by atoms with van der Waals surface area (Å²) in [6.07, 6.45) is 2.88. The van der Waals surface area contributed by atoms with E-state index in [4.69, 9.17) is 4.74 Å². The highest BCUT2D eigenvalue weighted by atomic mass is 32.2. The highest BCUT2D eigenvalue weighted by Crippen LogP contribution is 2.25. The van der Waals surface area contributed by atoms with Crippen molar-refractivity contribution in [1.29, 1.82) is 0 Å². The summed E-state index contributed by atoms with van der Waals surface area (Å²) in [7, 11) is -1.97. The Hall–Kier alpha value is -3.08. The van der Waals surface area contributed by atoms with Crippen LogP contribution in [-0.2, 0) is 21.8 Å². The van der Waals surface area contributed by atoms with E-state index in [9.17, 15) is 17.6 Å². The van der Waals surface area contributed by atoms with Crippen LogP contribution in [0.3, 0.4) is 0 Å². The number of aromatic nitrogens is 2. The molecule has 4 rings (SSSR count). The molecule has 1 amide bonds. The van der Waals surface area contributed by atoms with Crippen molar-refractivity contribution in [1.82, 2.24) is 19.2 Å². The SMILES string of the molecule is CC1CN(S(=O)(=O)c2ccc(C(=O)NC(c3ccccc3F)c3nccn3C)cc2)CC(C)O1. The van der Waals surface area contributed by atoms with Crippen LogP contribution in [0.1, 0.15) is 41.6 Å². The standard InChI is InChI=1S/C24H27FN4O4S/c1-16-14-29(15-17(2)33-16)34(31,32)19-10-8-18(9-11-19)24(30)27-22(23-26-12-13-28(23)3)20-6-4-5-7-21(20)25/h4-13,16-17,22H,14-15H2,1-3H3,(H,27,30). The number of nitrogens with zero attached hydrogens (tertiary/aromatic N) is 3. The van der Waals surface area contributed by atoms with Gasteiger partial charge in [-0.1, -0.05) is 18.2 Å². The summed E-state index contributed by atoms with van der Waals surface area (Å²) in [5, 5.41) is 2.83. The van der Waals surface area contributed by atoms with Gasteiger partial charge in [0.1, 0.15) is 17.7 Å². The van der Waals surface area contributed by atoms with Gasteiger partial charge in [0.15, 0.2) is 0 Å². The predicted octanol–water partition coefficient (Wildman–Crippen LogP) is 2.88. The minimum atomic E-state index is -3.72. The van der Waals surface area contributed by atoms with E-state index in [1.165, 1.54) is 34.6 Å². The number of ether oxygens (including phenoxy) is 1. The first-order valence-electron chi connectivity index (χ1n) is 10.9. The topological polar surface area (TPSA) is 93.5 Å². The molecule has 1 N–H and O–H groups in total. The van der Waals surface area contributed by atoms with E-state index >= 15 is 0 Å². The number of carbonyl (C=O) groups is 1. The summed E-state index contributed by atoms with van der Waals surface area (Å²) < 4.78 is 49.4. The molecule has 34 heavy (non-hydrogen) atoms. The number of sulfonamides is 1. The van der Waals surface area contributed by atoms with E-state index in [2.05, 4.69) is 10.3 Å². The van der Waals surface area contributed by atoms with Crippen LogP contribution in [-0.4, -0.2) is 53.5 Å². The predicted molar refractivity (Wildman–Crippen MR) is 124 cm³/mol. The quantitative estimate of drug-likeness (QED) is 0.578. The number of carbonyl (C=O) groups excluding carboxylic acids is 1. The van der Waals surface area contributed by atoms with Crippen molar-refractivity contribution in [3.8, 4) is 0 Å².